The molecule has 21 atom stereocenters. The van der Waals surface area contributed by atoms with Crippen molar-refractivity contribution in [3.05, 3.63) is 11.6 Å². The number of rotatable bonds is 8. The fourth-order valence-electron chi connectivity index (χ4n) is 13.5. The molecule has 14 heteroatoms. The van der Waals surface area contributed by atoms with Gasteiger partial charge in [-0.1, -0.05) is 53.2 Å². The van der Waals surface area contributed by atoms with Crippen LogP contribution in [0.5, 0.6) is 0 Å². The molecule has 0 aromatic heterocycles. The summed E-state index contributed by atoms with van der Waals surface area (Å²) in [7, 11) is 0. The quantitative estimate of drug-likeness (QED) is 0.0946. The molecular weight excluding hydrogens is 728 g/mol. The molecule has 7 aliphatic rings. The Morgan fingerprint density at radius 2 is 1.32 bits per heavy atom. The van der Waals surface area contributed by atoms with E-state index in [0.29, 0.717) is 12.8 Å². The first-order valence-electron chi connectivity index (χ1n) is 20.9. The second-order valence-electron chi connectivity index (χ2n) is 20.4. The fourth-order valence-corrected chi connectivity index (χ4v) is 13.5. The minimum Gasteiger partial charge on any atom is -0.394 e. The molecule has 5 aliphatic carbocycles. The normalized spacial score (nSPS) is 57.2. The van der Waals surface area contributed by atoms with Crippen molar-refractivity contribution in [2.75, 3.05) is 19.8 Å². The number of allylic oxidation sites excluding steroid dienone is 2. The van der Waals surface area contributed by atoms with Gasteiger partial charge in [0.25, 0.3) is 0 Å². The molecule has 320 valence electrons. The Hall–Kier alpha value is -1.11. The van der Waals surface area contributed by atoms with Gasteiger partial charge in [-0.05, 0) is 97.2 Å². The Morgan fingerprint density at radius 3 is 1.93 bits per heavy atom. The van der Waals surface area contributed by atoms with Crippen LogP contribution in [-0.2, 0) is 23.7 Å². The van der Waals surface area contributed by atoms with Gasteiger partial charge in [-0.25, -0.2) is 0 Å². The molecule has 6 fully saturated rings. The fraction of sp³-hybridized carbons (Fsp3) is 0.929. The number of aliphatic hydroxyl groups excluding tert-OH is 9. The second kappa shape index (κ2) is 14.8. The minimum atomic E-state index is -1.58. The molecule has 56 heavy (non-hydrogen) atoms. The third-order valence-corrected chi connectivity index (χ3v) is 17.5. The van der Waals surface area contributed by atoms with Gasteiger partial charge in [0.15, 0.2) is 12.6 Å². The number of carbonyl (C=O) groups is 1. The Morgan fingerprint density at radius 1 is 0.714 bits per heavy atom. The number of carbonyl (C=O) groups excluding carboxylic acids is 1. The van der Waals surface area contributed by atoms with E-state index in [9.17, 15) is 50.8 Å². The molecule has 0 unspecified atom stereocenters. The molecule has 2 aliphatic heterocycles. The van der Waals surface area contributed by atoms with Gasteiger partial charge in [0, 0.05) is 5.41 Å². The second-order valence-corrected chi connectivity index (χ2v) is 20.4. The van der Waals surface area contributed by atoms with E-state index in [0.717, 1.165) is 51.2 Å². The maximum absolute atomic E-state index is 13.3. The summed E-state index contributed by atoms with van der Waals surface area (Å²) >= 11 is 0. The molecule has 0 bridgehead atoms. The topological polar surface area (TPSA) is 236 Å². The number of aldehydes is 1. The lowest BCUT2D eigenvalue weighted by molar-refractivity contribution is -0.327. The van der Waals surface area contributed by atoms with E-state index in [2.05, 4.69) is 40.7 Å². The van der Waals surface area contributed by atoms with E-state index in [1.165, 1.54) is 5.57 Å². The molecule has 2 saturated heterocycles. The Balaban J connectivity index is 1.13. The summed E-state index contributed by atoms with van der Waals surface area (Å²) in [6.45, 7) is 12.4. The average Bonchev–Trinajstić information content (AvgIpc) is 3.16. The molecule has 0 spiro atoms. The number of aliphatic hydroxyl groups is 9. The highest BCUT2D eigenvalue weighted by molar-refractivity contribution is 5.61. The van der Waals surface area contributed by atoms with E-state index < -0.39 is 92.2 Å². The maximum Gasteiger partial charge on any atom is 0.187 e. The van der Waals surface area contributed by atoms with Crippen molar-refractivity contribution in [3.8, 4) is 0 Å². The summed E-state index contributed by atoms with van der Waals surface area (Å²) in [4.78, 5) is 13.3. The van der Waals surface area contributed by atoms with Gasteiger partial charge in [-0.2, -0.15) is 0 Å². The molecule has 0 amide bonds. The first kappa shape index (κ1) is 43.0. The summed E-state index contributed by atoms with van der Waals surface area (Å²) < 4.78 is 23.9. The molecular formula is C42H68O14. The van der Waals surface area contributed by atoms with Gasteiger partial charge in [-0.3, -0.25) is 0 Å². The van der Waals surface area contributed by atoms with Crippen LogP contribution in [0.3, 0.4) is 0 Å². The standard InChI is InChI=1S/C42H68O14/c1-37(20-53-35-33(51)31(49)29(47)23(17-43)54-35)13-14-38(2)22(15-37)21-7-8-26-39(3)11-10-28(56-36-34(52)32(50)30(48)24(18-44)55-36)40(4,19-45)25(39)9-12-41(26,5)42(21,6)16-27(38)46/h7,19,22-36,43-44,46-52H,8-18,20H2,1-6H3/t22-,23+,24+,25-,26+,27-,28-,29+,30+,31-,32-,33+,34+,35+,36-,37+,38-,39-,40-,41+,42+/m0/s1. The lowest BCUT2D eigenvalue weighted by Gasteiger charge is -2.71. The molecule has 0 aromatic rings. The SMILES string of the molecule is C[C@@]1(CO[C@@H]2O[C@H](CO)[C@@H](O)[C@H](O)[C@H]2O)CC[C@]2(C)[C@@H](O)C[C@]3(C)C(=CC[C@@H]4[C@@]5(C)CC[C@H](O[C@@H]6O[C@H](CO)[C@@H](O)[C@H](O)[C@H]6O)[C@@](C)(C=O)[C@H]5CC[C@]43C)[C@@H]2C1. The largest absolute Gasteiger partial charge is 0.394 e. The summed E-state index contributed by atoms with van der Waals surface area (Å²) in [5.41, 5.74) is -1.10. The van der Waals surface area contributed by atoms with E-state index in [1.54, 1.807) is 0 Å². The first-order chi connectivity index (χ1) is 26.2. The van der Waals surface area contributed by atoms with Crippen molar-refractivity contribution < 1.29 is 69.7 Å². The number of hydrogen-bond donors (Lipinski definition) is 9. The molecule has 7 rings (SSSR count). The summed E-state index contributed by atoms with van der Waals surface area (Å²) in [6, 6.07) is 0. The van der Waals surface area contributed by atoms with Crippen LogP contribution in [-0.4, -0.2) is 146 Å². The Bertz CT molecular complexity index is 1490. The van der Waals surface area contributed by atoms with E-state index in [-0.39, 0.29) is 51.4 Å². The Labute approximate surface area is 330 Å². The highest BCUT2D eigenvalue weighted by Crippen LogP contribution is 2.75. The van der Waals surface area contributed by atoms with Crippen molar-refractivity contribution in [1.82, 2.24) is 0 Å². The molecule has 0 aromatic carbocycles. The smallest absolute Gasteiger partial charge is 0.187 e. The maximum atomic E-state index is 13.3. The van der Waals surface area contributed by atoms with Gasteiger partial charge in [0.2, 0.25) is 0 Å². The van der Waals surface area contributed by atoms with Crippen molar-refractivity contribution in [1.29, 1.82) is 0 Å². The highest BCUT2D eigenvalue weighted by atomic mass is 16.7. The van der Waals surface area contributed by atoms with Crippen LogP contribution in [0.1, 0.15) is 99.3 Å². The van der Waals surface area contributed by atoms with Crippen molar-refractivity contribution in [2.45, 2.75) is 173 Å². The van der Waals surface area contributed by atoms with E-state index in [4.69, 9.17) is 18.9 Å². The lowest BCUT2D eigenvalue weighted by Crippen LogP contribution is -2.67. The number of ether oxygens (including phenoxy) is 4. The predicted octanol–water partition coefficient (Wildman–Crippen LogP) is 0.940. The highest BCUT2D eigenvalue weighted by Gasteiger charge is 2.70. The molecule has 9 N–H and O–H groups in total. The van der Waals surface area contributed by atoms with Crippen LogP contribution in [0.25, 0.3) is 0 Å². The molecule has 14 nitrogen and oxygen atoms in total. The third-order valence-electron chi connectivity index (χ3n) is 17.5. The molecule has 0 radical (unpaired) electrons. The zero-order valence-electron chi connectivity index (χ0n) is 33.9. The van der Waals surface area contributed by atoms with Crippen LogP contribution in [0.2, 0.25) is 0 Å². The third kappa shape index (κ3) is 6.25. The van der Waals surface area contributed by atoms with Crippen molar-refractivity contribution in [3.63, 3.8) is 0 Å². The van der Waals surface area contributed by atoms with Crippen molar-refractivity contribution >= 4 is 6.29 Å². The zero-order valence-corrected chi connectivity index (χ0v) is 33.9. The zero-order chi connectivity index (χ0) is 41.0. The summed E-state index contributed by atoms with van der Waals surface area (Å²) in [6.07, 6.45) is -4.98. The van der Waals surface area contributed by atoms with Gasteiger partial charge >= 0.3 is 0 Å². The van der Waals surface area contributed by atoms with Gasteiger partial charge in [-0.15, -0.1) is 0 Å². The molecule has 2 heterocycles. The first-order valence-corrected chi connectivity index (χ1v) is 20.9. The number of fused-ring (bicyclic) bond motifs is 7. The number of hydrogen-bond acceptors (Lipinski definition) is 14. The van der Waals surface area contributed by atoms with Crippen LogP contribution < -0.4 is 0 Å². The van der Waals surface area contributed by atoms with Crippen LogP contribution in [0.4, 0.5) is 0 Å². The summed E-state index contributed by atoms with van der Waals surface area (Å²) in [5, 5.41) is 94.4. The van der Waals surface area contributed by atoms with Gasteiger partial charge in [0.05, 0.1) is 37.4 Å². The lowest BCUT2D eigenvalue weighted by atomic mass is 9.33. The monoisotopic (exact) mass is 796 g/mol. The van der Waals surface area contributed by atoms with Crippen LogP contribution in [0, 0.1) is 50.2 Å². The van der Waals surface area contributed by atoms with Crippen molar-refractivity contribution in [2.24, 2.45) is 50.2 Å². The van der Waals surface area contributed by atoms with E-state index in [1.807, 2.05) is 6.92 Å². The van der Waals surface area contributed by atoms with E-state index >= 15 is 0 Å². The van der Waals surface area contributed by atoms with Crippen LogP contribution >= 0.6 is 0 Å². The predicted molar refractivity (Wildman–Crippen MR) is 199 cm³/mol. The van der Waals surface area contributed by atoms with Crippen LogP contribution in [0.15, 0.2) is 11.6 Å². The average molecular weight is 797 g/mol. The minimum absolute atomic E-state index is 0.0552. The Kier molecular flexibility index (Phi) is 11.4. The van der Waals surface area contributed by atoms with Gasteiger partial charge in [0.1, 0.15) is 55.1 Å². The summed E-state index contributed by atoms with van der Waals surface area (Å²) in [5.74, 6) is 0.180. The van der Waals surface area contributed by atoms with Gasteiger partial charge < -0.3 is 69.7 Å². The molecule has 4 saturated carbocycles.